The van der Waals surface area contributed by atoms with Crippen LogP contribution in [0.3, 0.4) is 0 Å². The van der Waals surface area contributed by atoms with E-state index >= 15 is 0 Å². The molecule has 0 bridgehead atoms. The van der Waals surface area contributed by atoms with Crippen LogP contribution in [0.2, 0.25) is 0 Å². The maximum atomic E-state index is 13.1. The fourth-order valence-electron chi connectivity index (χ4n) is 4.52. The van der Waals surface area contributed by atoms with Gasteiger partial charge in [0.25, 0.3) is 0 Å². The average Bonchev–Trinajstić information content (AvgIpc) is 2.73. The van der Waals surface area contributed by atoms with Gasteiger partial charge >= 0.3 is 6.18 Å². The zero-order valence-corrected chi connectivity index (χ0v) is 18.7. The van der Waals surface area contributed by atoms with Crippen molar-refractivity contribution in [1.29, 1.82) is 0 Å². The predicted octanol–water partition coefficient (Wildman–Crippen LogP) is 4.37. The second kappa shape index (κ2) is 8.16. The average molecular weight is 458 g/mol. The molecule has 3 aromatic heterocycles. The molecular weight excluding hydrogens is 433 g/mol. The summed E-state index contributed by atoms with van der Waals surface area (Å²) >= 11 is 0. The number of ether oxygens (including phenoxy) is 1. The minimum atomic E-state index is -4.17. The van der Waals surface area contributed by atoms with Gasteiger partial charge in [-0.1, -0.05) is 0 Å². The van der Waals surface area contributed by atoms with Crippen molar-refractivity contribution >= 4 is 17.0 Å². The molecule has 1 aliphatic heterocycles. The zero-order valence-electron chi connectivity index (χ0n) is 18.7. The van der Waals surface area contributed by atoms with E-state index in [1.807, 2.05) is 37.8 Å². The van der Waals surface area contributed by atoms with Gasteiger partial charge in [-0.15, -0.1) is 0 Å². The van der Waals surface area contributed by atoms with Crippen molar-refractivity contribution in [2.24, 2.45) is 5.92 Å². The van der Waals surface area contributed by atoms with Crippen molar-refractivity contribution in [2.45, 2.75) is 51.8 Å². The molecule has 1 saturated carbocycles. The van der Waals surface area contributed by atoms with E-state index in [0.717, 1.165) is 27.9 Å². The zero-order chi connectivity index (χ0) is 23.3. The third-order valence-corrected chi connectivity index (χ3v) is 6.65. The Morgan fingerprint density at radius 1 is 1.06 bits per heavy atom. The van der Waals surface area contributed by atoms with Crippen LogP contribution in [0.4, 0.5) is 19.1 Å². The Morgan fingerprint density at radius 2 is 1.85 bits per heavy atom. The molecule has 0 radical (unpaired) electrons. The molecule has 1 aliphatic carbocycles. The highest BCUT2D eigenvalue weighted by atomic mass is 19.4. The minimum Gasteiger partial charge on any atom is -0.370 e. The van der Waals surface area contributed by atoms with Gasteiger partial charge in [-0.3, -0.25) is 0 Å². The number of halogens is 3. The monoisotopic (exact) mass is 458 g/mol. The summed E-state index contributed by atoms with van der Waals surface area (Å²) in [5.41, 5.74) is 4.73. The molecule has 0 aromatic carbocycles. The Hall–Kier alpha value is -2.88. The molecule has 10 heteroatoms. The number of aryl methyl sites for hydroxylation is 3. The number of hydrogen-bond acceptors (Lipinski definition) is 7. The number of pyridine rings is 1. The smallest absolute Gasteiger partial charge is 0.370 e. The molecule has 5 rings (SSSR count). The molecule has 33 heavy (non-hydrogen) atoms. The van der Waals surface area contributed by atoms with Crippen molar-refractivity contribution in [3.8, 4) is 0 Å². The Balaban J connectivity index is 1.50. The lowest BCUT2D eigenvalue weighted by molar-refractivity contribution is -0.197. The fourth-order valence-corrected chi connectivity index (χ4v) is 4.52. The number of hydrogen-bond donors (Lipinski definition) is 0. The van der Waals surface area contributed by atoms with E-state index in [9.17, 15) is 13.2 Å². The van der Waals surface area contributed by atoms with Gasteiger partial charge in [0.2, 0.25) is 5.95 Å². The van der Waals surface area contributed by atoms with E-state index in [-0.39, 0.29) is 24.9 Å². The van der Waals surface area contributed by atoms with Gasteiger partial charge in [-0.05, 0) is 51.3 Å². The van der Waals surface area contributed by atoms with Crippen molar-refractivity contribution < 1.29 is 17.9 Å². The van der Waals surface area contributed by atoms with Crippen LogP contribution in [-0.2, 0) is 4.74 Å². The lowest BCUT2D eigenvalue weighted by atomic mass is 9.72. The van der Waals surface area contributed by atoms with Crippen LogP contribution in [0.25, 0.3) is 11.0 Å². The molecule has 0 unspecified atom stereocenters. The first-order valence-electron chi connectivity index (χ1n) is 11.1. The summed E-state index contributed by atoms with van der Waals surface area (Å²) in [5, 5.41) is 8.76. The predicted molar refractivity (Wildman–Crippen MR) is 116 cm³/mol. The summed E-state index contributed by atoms with van der Waals surface area (Å²) in [7, 11) is 0. The summed E-state index contributed by atoms with van der Waals surface area (Å²) in [5.74, 6) is -1.05. The molecule has 4 heterocycles. The largest absolute Gasteiger partial charge is 0.391 e. The molecule has 1 saturated heterocycles. The Kier molecular flexibility index (Phi) is 5.43. The quantitative estimate of drug-likeness (QED) is 0.577. The van der Waals surface area contributed by atoms with E-state index in [0.29, 0.717) is 37.0 Å². The number of rotatable bonds is 3. The van der Waals surface area contributed by atoms with Crippen molar-refractivity contribution in [3.63, 3.8) is 0 Å². The Morgan fingerprint density at radius 3 is 2.58 bits per heavy atom. The van der Waals surface area contributed by atoms with E-state index in [1.54, 1.807) is 6.20 Å². The molecule has 0 amide bonds. The first-order valence-corrected chi connectivity index (χ1v) is 11.1. The van der Waals surface area contributed by atoms with Crippen LogP contribution in [-0.4, -0.2) is 51.0 Å². The molecule has 0 N–H and O–H groups in total. The van der Waals surface area contributed by atoms with E-state index in [1.165, 1.54) is 0 Å². The molecule has 2 fully saturated rings. The van der Waals surface area contributed by atoms with Gasteiger partial charge in [0, 0.05) is 29.1 Å². The van der Waals surface area contributed by atoms with Gasteiger partial charge in [0.1, 0.15) is 6.10 Å². The normalized spacial score (nSPS) is 23.6. The second-order valence-corrected chi connectivity index (χ2v) is 9.01. The maximum absolute atomic E-state index is 13.1. The van der Waals surface area contributed by atoms with Crippen LogP contribution in [0.15, 0.2) is 18.3 Å². The SMILES string of the molecule is Cc1cc([C@@H]2CN(c3nc4nc(C)c(C)cc4c([C@H]4C[C@@H](C(F)(F)F)C4)n3)CCO2)cnn1. The van der Waals surface area contributed by atoms with Crippen LogP contribution in [0, 0.1) is 26.7 Å². The first-order chi connectivity index (χ1) is 15.7. The lowest BCUT2D eigenvalue weighted by Crippen LogP contribution is -2.40. The van der Waals surface area contributed by atoms with Crippen LogP contribution >= 0.6 is 0 Å². The highest BCUT2D eigenvalue weighted by Crippen LogP contribution is 2.50. The lowest BCUT2D eigenvalue weighted by Gasteiger charge is -2.37. The summed E-state index contributed by atoms with van der Waals surface area (Å²) in [4.78, 5) is 16.2. The molecule has 2 aliphatic rings. The molecule has 174 valence electrons. The number of aromatic nitrogens is 5. The Bertz CT molecular complexity index is 1190. The molecule has 7 nitrogen and oxygen atoms in total. The number of alkyl halides is 3. The summed E-state index contributed by atoms with van der Waals surface area (Å²) in [6.07, 6.45) is -2.60. The Labute approximate surface area is 189 Å². The summed E-state index contributed by atoms with van der Waals surface area (Å²) in [6, 6.07) is 3.89. The highest BCUT2D eigenvalue weighted by Gasteiger charge is 2.49. The van der Waals surface area contributed by atoms with Crippen LogP contribution in [0.5, 0.6) is 0 Å². The third-order valence-electron chi connectivity index (χ3n) is 6.65. The first kappa shape index (κ1) is 21.9. The van der Waals surface area contributed by atoms with E-state index in [4.69, 9.17) is 14.7 Å². The maximum Gasteiger partial charge on any atom is 0.391 e. The molecule has 0 spiro atoms. The van der Waals surface area contributed by atoms with Crippen molar-refractivity contribution in [1.82, 2.24) is 25.1 Å². The fraction of sp³-hybridized carbons (Fsp3) is 0.522. The standard InChI is InChI=1S/C23H25F3N6O/c1-12-6-18-20(15-8-17(9-15)23(24,25)26)29-22(30-21(18)28-14(12)3)32-4-5-33-19(11-32)16-7-13(2)31-27-10-16/h6-7,10,15,17,19H,4-5,8-9,11H2,1-3H3/t15-,17+,19-/m0/s1. The van der Waals surface area contributed by atoms with Crippen LogP contribution < -0.4 is 4.90 Å². The van der Waals surface area contributed by atoms with E-state index in [2.05, 4.69) is 15.2 Å². The van der Waals surface area contributed by atoms with Crippen molar-refractivity contribution in [2.75, 3.05) is 24.6 Å². The van der Waals surface area contributed by atoms with Gasteiger partial charge in [-0.25, -0.2) is 9.97 Å². The minimum absolute atomic E-state index is 0.0513. The number of morpholine rings is 1. The molecule has 1 atom stereocenters. The highest BCUT2D eigenvalue weighted by molar-refractivity contribution is 5.80. The number of nitrogens with zero attached hydrogens (tertiary/aromatic N) is 6. The molecule has 3 aromatic rings. The third kappa shape index (κ3) is 4.23. The topological polar surface area (TPSA) is 76.9 Å². The van der Waals surface area contributed by atoms with Crippen LogP contribution in [0.1, 0.15) is 53.1 Å². The number of fused-ring (bicyclic) bond motifs is 1. The molecular formula is C23H25F3N6O. The van der Waals surface area contributed by atoms with Gasteiger partial charge in [0.05, 0.1) is 36.7 Å². The van der Waals surface area contributed by atoms with Crippen molar-refractivity contribution in [3.05, 3.63) is 46.5 Å². The van der Waals surface area contributed by atoms with Gasteiger partial charge in [0.15, 0.2) is 5.65 Å². The number of anilines is 1. The van der Waals surface area contributed by atoms with Gasteiger partial charge in [-0.2, -0.15) is 28.4 Å². The second-order valence-electron chi connectivity index (χ2n) is 9.01. The summed E-state index contributed by atoms with van der Waals surface area (Å²) in [6.45, 7) is 7.29. The van der Waals surface area contributed by atoms with Gasteiger partial charge < -0.3 is 9.64 Å². The summed E-state index contributed by atoms with van der Waals surface area (Å²) < 4.78 is 45.4. The van der Waals surface area contributed by atoms with E-state index < -0.39 is 12.1 Å².